The number of hydrogen-bond donors (Lipinski definition) is 0. The van der Waals surface area contributed by atoms with Crippen LogP contribution >= 0.6 is 24.0 Å². The molecule has 0 N–H and O–H groups in total. The Labute approximate surface area is 85.5 Å². The van der Waals surface area contributed by atoms with Gasteiger partial charge in [0.15, 0.2) is 0 Å². The summed E-state index contributed by atoms with van der Waals surface area (Å²) in [5, 5.41) is 0. The van der Waals surface area contributed by atoms with Crippen molar-refractivity contribution in [3.63, 3.8) is 0 Å². The van der Waals surface area contributed by atoms with Crippen LogP contribution in [0.25, 0.3) is 0 Å². The molecule has 1 rings (SSSR count). The van der Waals surface area contributed by atoms with E-state index >= 15 is 0 Å². The van der Waals surface area contributed by atoms with Crippen molar-refractivity contribution in [2.45, 2.75) is 45.4 Å². The van der Waals surface area contributed by atoms with Crippen molar-refractivity contribution in [1.29, 1.82) is 0 Å². The van der Waals surface area contributed by atoms with Crippen LogP contribution in [0.1, 0.15) is 45.4 Å². The smallest absolute Gasteiger partial charge is 0.0476 e. The van der Waals surface area contributed by atoms with Gasteiger partial charge in [0.25, 0.3) is 0 Å². The Hall–Kier alpha value is 0.440. The SMILES string of the molecule is CSC(=S)CCC1(C)CCCC1. The maximum atomic E-state index is 5.20. The number of thioether (sulfide) groups is 1. The minimum absolute atomic E-state index is 0.625. The molecule has 0 amide bonds. The van der Waals surface area contributed by atoms with E-state index in [1.54, 1.807) is 11.8 Å². The lowest BCUT2D eigenvalue weighted by atomic mass is 9.84. The summed E-state index contributed by atoms with van der Waals surface area (Å²) in [5.41, 5.74) is 0.625. The summed E-state index contributed by atoms with van der Waals surface area (Å²) in [6.45, 7) is 2.42. The first-order valence-corrected chi connectivity index (χ1v) is 6.36. The zero-order valence-corrected chi connectivity index (χ0v) is 9.69. The highest BCUT2D eigenvalue weighted by Crippen LogP contribution is 2.41. The summed E-state index contributed by atoms with van der Waals surface area (Å²) in [6, 6.07) is 0. The van der Waals surface area contributed by atoms with Gasteiger partial charge in [-0.25, -0.2) is 0 Å². The van der Waals surface area contributed by atoms with Crippen LogP contribution in [0, 0.1) is 5.41 Å². The lowest BCUT2D eigenvalue weighted by Gasteiger charge is -2.22. The molecule has 0 spiro atoms. The largest absolute Gasteiger partial charge is 0.122 e. The van der Waals surface area contributed by atoms with E-state index in [2.05, 4.69) is 13.2 Å². The fraction of sp³-hybridized carbons (Fsp3) is 0.900. The van der Waals surface area contributed by atoms with Gasteiger partial charge >= 0.3 is 0 Å². The average molecular weight is 202 g/mol. The summed E-state index contributed by atoms with van der Waals surface area (Å²) in [7, 11) is 0. The molecule has 0 nitrogen and oxygen atoms in total. The first-order valence-electron chi connectivity index (χ1n) is 4.73. The lowest BCUT2D eigenvalue weighted by Crippen LogP contribution is -2.11. The van der Waals surface area contributed by atoms with Crippen molar-refractivity contribution >= 4 is 28.2 Å². The number of rotatable bonds is 3. The normalized spacial score (nSPS) is 21.2. The molecule has 0 aromatic rings. The van der Waals surface area contributed by atoms with Crippen LogP contribution < -0.4 is 0 Å². The van der Waals surface area contributed by atoms with Crippen molar-refractivity contribution in [1.82, 2.24) is 0 Å². The standard InChI is InChI=1S/C10H18S2/c1-10(6-3-4-7-10)8-5-9(11)12-2/h3-8H2,1-2H3. The molecule has 1 saturated carbocycles. The molecule has 12 heavy (non-hydrogen) atoms. The summed E-state index contributed by atoms with van der Waals surface area (Å²) >= 11 is 6.94. The Balaban J connectivity index is 2.25. The van der Waals surface area contributed by atoms with Crippen LogP contribution in [-0.2, 0) is 0 Å². The molecular formula is C10H18S2. The molecular weight excluding hydrogens is 184 g/mol. The van der Waals surface area contributed by atoms with Crippen LogP contribution in [0.2, 0.25) is 0 Å². The molecule has 1 aliphatic carbocycles. The quantitative estimate of drug-likeness (QED) is 0.634. The Morgan fingerprint density at radius 3 is 2.50 bits per heavy atom. The minimum atomic E-state index is 0.625. The van der Waals surface area contributed by atoms with E-state index in [1.807, 2.05) is 0 Å². The van der Waals surface area contributed by atoms with Crippen LogP contribution in [0.4, 0.5) is 0 Å². The molecule has 0 aromatic heterocycles. The van der Waals surface area contributed by atoms with Crippen LogP contribution in [0.3, 0.4) is 0 Å². The third kappa shape index (κ3) is 3.06. The van der Waals surface area contributed by atoms with E-state index in [4.69, 9.17) is 12.2 Å². The first-order chi connectivity index (χ1) is 5.66. The third-order valence-corrected chi connectivity index (χ3v) is 4.33. The van der Waals surface area contributed by atoms with Gasteiger partial charge in [-0.15, -0.1) is 11.8 Å². The molecule has 0 aromatic carbocycles. The fourth-order valence-corrected chi connectivity index (χ4v) is 2.39. The average Bonchev–Trinajstić information content (AvgIpc) is 2.49. The van der Waals surface area contributed by atoms with Gasteiger partial charge in [0.2, 0.25) is 0 Å². The summed E-state index contributed by atoms with van der Waals surface area (Å²) in [4.78, 5) is 0. The maximum absolute atomic E-state index is 5.20. The number of hydrogen-bond acceptors (Lipinski definition) is 2. The molecule has 0 radical (unpaired) electrons. The monoisotopic (exact) mass is 202 g/mol. The van der Waals surface area contributed by atoms with E-state index < -0.39 is 0 Å². The molecule has 0 bridgehead atoms. The van der Waals surface area contributed by atoms with E-state index in [0.29, 0.717) is 5.41 Å². The Morgan fingerprint density at radius 2 is 2.00 bits per heavy atom. The van der Waals surface area contributed by atoms with Gasteiger partial charge in [-0.3, -0.25) is 0 Å². The summed E-state index contributed by atoms with van der Waals surface area (Å²) < 4.78 is 1.18. The molecule has 70 valence electrons. The fourth-order valence-electron chi connectivity index (χ4n) is 1.98. The molecule has 0 aliphatic heterocycles. The van der Waals surface area contributed by atoms with Gasteiger partial charge in [-0.05, 0) is 37.4 Å². The van der Waals surface area contributed by atoms with E-state index in [1.165, 1.54) is 36.3 Å². The maximum Gasteiger partial charge on any atom is 0.0476 e. The van der Waals surface area contributed by atoms with Crippen LogP contribution in [0.5, 0.6) is 0 Å². The Kier molecular flexibility index (Phi) is 4.04. The van der Waals surface area contributed by atoms with E-state index in [0.717, 1.165) is 6.42 Å². The molecule has 0 saturated heterocycles. The molecule has 1 aliphatic rings. The van der Waals surface area contributed by atoms with Gasteiger partial charge < -0.3 is 0 Å². The second-order valence-electron chi connectivity index (χ2n) is 4.09. The first kappa shape index (κ1) is 10.5. The van der Waals surface area contributed by atoms with Gasteiger partial charge in [-0.2, -0.15) is 0 Å². The Morgan fingerprint density at radius 1 is 1.42 bits per heavy atom. The van der Waals surface area contributed by atoms with Crippen LogP contribution in [-0.4, -0.2) is 10.5 Å². The predicted octanol–water partition coefficient (Wildman–Crippen LogP) is 4.04. The van der Waals surface area contributed by atoms with Crippen molar-refractivity contribution < 1.29 is 0 Å². The molecule has 2 heteroatoms. The van der Waals surface area contributed by atoms with E-state index in [-0.39, 0.29) is 0 Å². The van der Waals surface area contributed by atoms with Crippen LogP contribution in [0.15, 0.2) is 0 Å². The van der Waals surface area contributed by atoms with Crippen molar-refractivity contribution in [3.8, 4) is 0 Å². The van der Waals surface area contributed by atoms with Crippen molar-refractivity contribution in [2.75, 3.05) is 6.26 Å². The highest BCUT2D eigenvalue weighted by Gasteiger charge is 2.27. The van der Waals surface area contributed by atoms with E-state index in [9.17, 15) is 0 Å². The summed E-state index contributed by atoms with van der Waals surface area (Å²) in [6.07, 6.45) is 10.2. The number of thiocarbonyl (C=S) groups is 1. The van der Waals surface area contributed by atoms with Gasteiger partial charge in [0.1, 0.15) is 0 Å². The summed E-state index contributed by atoms with van der Waals surface area (Å²) in [5.74, 6) is 0. The predicted molar refractivity (Wildman–Crippen MR) is 61.9 cm³/mol. The highest BCUT2D eigenvalue weighted by atomic mass is 32.2. The van der Waals surface area contributed by atoms with Crippen molar-refractivity contribution in [3.05, 3.63) is 0 Å². The molecule has 1 fully saturated rings. The molecule has 0 heterocycles. The van der Waals surface area contributed by atoms with Gasteiger partial charge in [-0.1, -0.05) is 32.0 Å². The highest BCUT2D eigenvalue weighted by molar-refractivity contribution is 8.22. The minimum Gasteiger partial charge on any atom is -0.122 e. The lowest BCUT2D eigenvalue weighted by molar-refractivity contribution is 0.316. The second-order valence-corrected chi connectivity index (χ2v) is 5.75. The zero-order valence-electron chi connectivity index (χ0n) is 8.06. The molecule has 0 unspecified atom stereocenters. The third-order valence-electron chi connectivity index (χ3n) is 2.97. The van der Waals surface area contributed by atoms with Gasteiger partial charge in [0, 0.05) is 4.20 Å². The Bertz CT molecular complexity index is 157. The van der Waals surface area contributed by atoms with Crippen molar-refractivity contribution in [2.24, 2.45) is 5.41 Å². The molecule has 0 atom stereocenters. The van der Waals surface area contributed by atoms with Gasteiger partial charge in [0.05, 0.1) is 0 Å². The topological polar surface area (TPSA) is 0 Å². The second kappa shape index (κ2) is 4.61. The zero-order chi connectivity index (χ0) is 9.03.